The van der Waals surface area contributed by atoms with Gasteiger partial charge in [0.25, 0.3) is 5.91 Å². The van der Waals surface area contributed by atoms with Crippen molar-refractivity contribution in [3.8, 4) is 0 Å². The molecule has 1 N–H and O–H groups in total. The monoisotopic (exact) mass is 280 g/mol. The summed E-state index contributed by atoms with van der Waals surface area (Å²) in [6.45, 7) is 0. The summed E-state index contributed by atoms with van der Waals surface area (Å²) < 4.78 is 33.9. The van der Waals surface area contributed by atoms with Gasteiger partial charge >= 0.3 is 10.2 Å². The Bertz CT molecular complexity index is 685. The van der Waals surface area contributed by atoms with Crippen LogP contribution in [0.1, 0.15) is 10.4 Å². The summed E-state index contributed by atoms with van der Waals surface area (Å²) in [6, 6.07) is 7.86. The van der Waals surface area contributed by atoms with E-state index in [0.29, 0.717) is 11.3 Å². The molecule has 7 heteroatoms. The van der Waals surface area contributed by atoms with Crippen molar-refractivity contribution in [3.63, 3.8) is 0 Å². The van der Waals surface area contributed by atoms with Crippen molar-refractivity contribution in [2.24, 2.45) is 0 Å². The molecule has 1 amide bonds. The van der Waals surface area contributed by atoms with E-state index in [1.54, 1.807) is 0 Å². The van der Waals surface area contributed by atoms with Gasteiger partial charge in [-0.1, -0.05) is 0 Å². The fourth-order valence-corrected chi connectivity index (χ4v) is 1.87. The zero-order chi connectivity index (χ0) is 13.9. The fraction of sp³-hybridized carbons (Fsp3) is 0. The van der Waals surface area contributed by atoms with Crippen LogP contribution in [0.2, 0.25) is 0 Å². The maximum absolute atomic E-state index is 12.7. The van der Waals surface area contributed by atoms with E-state index in [1.165, 1.54) is 36.7 Å². The molecule has 0 saturated heterocycles. The molecular formula is C12H9FN2O3S. The number of aromatic nitrogens is 1. The van der Waals surface area contributed by atoms with Crippen LogP contribution in [0.15, 0.2) is 53.7 Å². The van der Waals surface area contributed by atoms with Gasteiger partial charge in [-0.25, -0.2) is 0 Å². The smallest absolute Gasteiger partial charge is 0.322 e. The van der Waals surface area contributed by atoms with Crippen LogP contribution < -0.4 is 5.32 Å². The standard InChI is InChI=1S/C12H9FN2O3S/c13-19(17,18)11-3-1-10(2-4-11)15-12(16)9-5-7-14-8-6-9/h1-8H,(H,15,16). The number of amides is 1. The van der Waals surface area contributed by atoms with Crippen LogP contribution in [-0.2, 0) is 10.2 Å². The molecule has 0 atom stereocenters. The van der Waals surface area contributed by atoms with Gasteiger partial charge in [-0.3, -0.25) is 9.78 Å². The van der Waals surface area contributed by atoms with Gasteiger partial charge in [-0.05, 0) is 36.4 Å². The van der Waals surface area contributed by atoms with Crippen molar-refractivity contribution in [2.45, 2.75) is 4.90 Å². The Morgan fingerprint density at radius 1 is 1.05 bits per heavy atom. The maximum Gasteiger partial charge on any atom is 0.332 e. The van der Waals surface area contributed by atoms with E-state index < -0.39 is 15.1 Å². The Labute approximate surface area is 109 Å². The molecule has 2 rings (SSSR count). The molecule has 19 heavy (non-hydrogen) atoms. The highest BCUT2D eigenvalue weighted by Gasteiger charge is 2.11. The summed E-state index contributed by atoms with van der Waals surface area (Å²) in [6.07, 6.45) is 2.96. The lowest BCUT2D eigenvalue weighted by Gasteiger charge is -2.05. The Morgan fingerprint density at radius 2 is 1.63 bits per heavy atom. The van der Waals surface area contributed by atoms with Gasteiger partial charge in [-0.15, -0.1) is 3.89 Å². The van der Waals surface area contributed by atoms with Crippen molar-refractivity contribution in [3.05, 3.63) is 54.4 Å². The lowest BCUT2D eigenvalue weighted by molar-refractivity contribution is 0.102. The van der Waals surface area contributed by atoms with Crippen LogP contribution in [0, 0.1) is 0 Å². The van der Waals surface area contributed by atoms with Gasteiger partial charge in [0.05, 0.1) is 4.90 Å². The quantitative estimate of drug-likeness (QED) is 0.872. The number of hydrogen-bond acceptors (Lipinski definition) is 4. The zero-order valence-electron chi connectivity index (χ0n) is 9.58. The molecule has 5 nitrogen and oxygen atoms in total. The van der Waals surface area contributed by atoms with Crippen molar-refractivity contribution in [1.29, 1.82) is 0 Å². The number of pyridine rings is 1. The highest BCUT2D eigenvalue weighted by Crippen LogP contribution is 2.16. The van der Waals surface area contributed by atoms with E-state index in [4.69, 9.17) is 0 Å². The number of rotatable bonds is 3. The summed E-state index contributed by atoms with van der Waals surface area (Å²) in [5.41, 5.74) is 0.784. The van der Waals surface area contributed by atoms with E-state index in [2.05, 4.69) is 10.3 Å². The molecule has 2 aromatic rings. The second-order valence-electron chi connectivity index (χ2n) is 3.65. The molecule has 0 radical (unpaired) electrons. The van der Waals surface area contributed by atoms with E-state index in [9.17, 15) is 17.1 Å². The summed E-state index contributed by atoms with van der Waals surface area (Å²) in [4.78, 5) is 15.1. The zero-order valence-corrected chi connectivity index (χ0v) is 10.4. The lowest BCUT2D eigenvalue weighted by Crippen LogP contribution is -2.11. The summed E-state index contributed by atoms with van der Waals surface area (Å²) in [5.74, 6) is -0.363. The minimum atomic E-state index is -4.72. The number of nitrogens with one attached hydrogen (secondary N) is 1. The third kappa shape index (κ3) is 3.35. The average Bonchev–Trinajstić information content (AvgIpc) is 2.39. The SMILES string of the molecule is O=C(Nc1ccc(S(=O)(=O)F)cc1)c1ccncc1. The van der Waals surface area contributed by atoms with E-state index in [-0.39, 0.29) is 5.91 Å². The van der Waals surface area contributed by atoms with Crippen LogP contribution >= 0.6 is 0 Å². The van der Waals surface area contributed by atoms with Gasteiger partial charge in [0.15, 0.2) is 0 Å². The van der Waals surface area contributed by atoms with Crippen molar-refractivity contribution < 1.29 is 17.1 Å². The van der Waals surface area contributed by atoms with Gasteiger partial charge < -0.3 is 5.32 Å². The van der Waals surface area contributed by atoms with Crippen LogP contribution in [-0.4, -0.2) is 19.3 Å². The molecule has 0 aliphatic heterocycles. The molecule has 98 valence electrons. The average molecular weight is 280 g/mol. The van der Waals surface area contributed by atoms with Crippen LogP contribution in [0.4, 0.5) is 9.57 Å². The van der Waals surface area contributed by atoms with Crippen LogP contribution in [0.25, 0.3) is 0 Å². The maximum atomic E-state index is 12.7. The van der Waals surface area contributed by atoms with Gasteiger partial charge in [0.1, 0.15) is 0 Å². The first-order valence-electron chi connectivity index (χ1n) is 5.23. The van der Waals surface area contributed by atoms with Gasteiger partial charge in [0, 0.05) is 23.6 Å². The number of anilines is 1. The van der Waals surface area contributed by atoms with Crippen LogP contribution in [0.3, 0.4) is 0 Å². The molecule has 0 fully saturated rings. The molecule has 0 bridgehead atoms. The highest BCUT2D eigenvalue weighted by atomic mass is 32.3. The summed E-state index contributed by atoms with van der Waals surface area (Å²) in [5, 5.41) is 2.55. The Kier molecular flexibility index (Phi) is 3.57. The first-order valence-corrected chi connectivity index (χ1v) is 6.61. The van der Waals surface area contributed by atoms with E-state index in [1.807, 2.05) is 0 Å². The second kappa shape index (κ2) is 5.15. The van der Waals surface area contributed by atoms with E-state index in [0.717, 1.165) is 12.1 Å². The van der Waals surface area contributed by atoms with Crippen LogP contribution in [0.5, 0.6) is 0 Å². The van der Waals surface area contributed by atoms with Gasteiger partial charge in [0.2, 0.25) is 0 Å². The minimum Gasteiger partial charge on any atom is -0.322 e. The number of carbonyl (C=O) groups excluding carboxylic acids is 1. The molecular weight excluding hydrogens is 271 g/mol. The molecule has 1 heterocycles. The number of halogens is 1. The minimum absolute atomic E-state index is 0.363. The van der Waals surface area contributed by atoms with Crippen molar-refractivity contribution in [2.75, 3.05) is 5.32 Å². The molecule has 0 saturated carbocycles. The Morgan fingerprint density at radius 3 is 2.16 bits per heavy atom. The normalized spacial score (nSPS) is 11.0. The third-order valence-corrected chi connectivity index (χ3v) is 3.17. The molecule has 1 aromatic heterocycles. The van der Waals surface area contributed by atoms with Gasteiger partial charge in [-0.2, -0.15) is 8.42 Å². The third-order valence-electron chi connectivity index (χ3n) is 2.34. The molecule has 0 spiro atoms. The highest BCUT2D eigenvalue weighted by molar-refractivity contribution is 7.86. The number of carbonyl (C=O) groups is 1. The predicted octanol–water partition coefficient (Wildman–Crippen LogP) is 1.99. The first-order chi connectivity index (χ1) is 8.97. The Balaban J connectivity index is 2.15. The summed E-state index contributed by atoms with van der Waals surface area (Å²) >= 11 is 0. The number of nitrogens with zero attached hydrogens (tertiary/aromatic N) is 1. The Hall–Kier alpha value is -2.28. The summed E-state index contributed by atoms with van der Waals surface area (Å²) in [7, 11) is -4.72. The largest absolute Gasteiger partial charge is 0.332 e. The topological polar surface area (TPSA) is 76.1 Å². The fourth-order valence-electron chi connectivity index (χ4n) is 1.41. The van der Waals surface area contributed by atoms with Crippen molar-refractivity contribution >= 4 is 21.8 Å². The lowest BCUT2D eigenvalue weighted by atomic mass is 10.2. The molecule has 0 aliphatic rings. The first kappa shape index (κ1) is 13.2. The second-order valence-corrected chi connectivity index (χ2v) is 5.00. The predicted molar refractivity (Wildman–Crippen MR) is 66.9 cm³/mol. The van der Waals surface area contributed by atoms with E-state index >= 15 is 0 Å². The number of hydrogen-bond donors (Lipinski definition) is 1. The molecule has 0 aliphatic carbocycles. The molecule has 1 aromatic carbocycles. The molecule has 0 unspecified atom stereocenters. The van der Waals surface area contributed by atoms with Crippen molar-refractivity contribution in [1.82, 2.24) is 4.98 Å². The number of benzene rings is 1.